The zero-order valence-corrected chi connectivity index (χ0v) is 5.79. The molecule has 0 aliphatic carbocycles. The molecule has 1 heterocycles. The van der Waals surface area contributed by atoms with E-state index in [0.29, 0.717) is 5.17 Å². The smallest absolute Gasteiger partial charge is 0.128 e. The summed E-state index contributed by atoms with van der Waals surface area (Å²) in [5.41, 5.74) is 2.98. The lowest BCUT2D eigenvalue weighted by molar-refractivity contribution is 0.447. The van der Waals surface area contributed by atoms with Gasteiger partial charge in [0, 0.05) is 6.42 Å². The molecule has 1 aliphatic heterocycles. The summed E-state index contributed by atoms with van der Waals surface area (Å²) in [5, 5.41) is 4.50. The number of hydrogen-bond donors (Lipinski definition) is 1. The van der Waals surface area contributed by atoms with Gasteiger partial charge in [0.25, 0.3) is 0 Å². The highest BCUT2D eigenvalue weighted by molar-refractivity contribution is 6.65. The third kappa shape index (κ3) is 1.13. The molecule has 0 radical (unpaired) electrons. The van der Waals surface area contributed by atoms with Gasteiger partial charge >= 0.3 is 0 Å². The van der Waals surface area contributed by atoms with Crippen molar-refractivity contribution < 1.29 is 0 Å². The van der Waals surface area contributed by atoms with Gasteiger partial charge in [-0.05, 0) is 13.8 Å². The van der Waals surface area contributed by atoms with Crippen LogP contribution in [0.4, 0.5) is 0 Å². The Hall–Kier alpha value is -0.240. The Morgan fingerprint density at radius 3 is 2.50 bits per heavy atom. The molecule has 1 N–H and O–H groups in total. The van der Waals surface area contributed by atoms with E-state index in [1.54, 1.807) is 0 Å². The minimum absolute atomic E-state index is 0.0804. The van der Waals surface area contributed by atoms with Gasteiger partial charge in [0.05, 0.1) is 5.54 Å². The number of halogens is 1. The maximum absolute atomic E-state index is 5.58. The summed E-state index contributed by atoms with van der Waals surface area (Å²) < 4.78 is 0. The van der Waals surface area contributed by atoms with Crippen molar-refractivity contribution in [2.75, 3.05) is 0 Å². The Morgan fingerprint density at radius 1 is 1.75 bits per heavy atom. The minimum Gasteiger partial charge on any atom is -0.303 e. The minimum atomic E-state index is 0.0804. The third-order valence-electron chi connectivity index (χ3n) is 1.07. The molecule has 0 aromatic heterocycles. The lowest BCUT2D eigenvalue weighted by atomic mass is 10.0. The standard InChI is InChI=1S/C5H9ClN2/c1-5(2)3-4(6)7-8-5/h8H,3H2,1-2H3. The predicted molar refractivity (Wildman–Crippen MR) is 35.1 cm³/mol. The molecule has 0 atom stereocenters. The molecule has 0 unspecified atom stereocenters. The van der Waals surface area contributed by atoms with Crippen molar-refractivity contribution in [1.82, 2.24) is 5.43 Å². The molecule has 0 saturated heterocycles. The van der Waals surface area contributed by atoms with E-state index < -0.39 is 0 Å². The SMILES string of the molecule is CC1(C)CC(Cl)=NN1. The van der Waals surface area contributed by atoms with Gasteiger partial charge in [-0.1, -0.05) is 11.6 Å². The molecule has 0 aromatic rings. The van der Waals surface area contributed by atoms with Crippen molar-refractivity contribution >= 4 is 16.8 Å². The second-order valence-electron chi connectivity index (χ2n) is 2.66. The third-order valence-corrected chi connectivity index (χ3v) is 1.29. The zero-order chi connectivity index (χ0) is 6.20. The van der Waals surface area contributed by atoms with Crippen molar-refractivity contribution in [1.29, 1.82) is 0 Å². The van der Waals surface area contributed by atoms with Crippen LogP contribution in [0.3, 0.4) is 0 Å². The highest BCUT2D eigenvalue weighted by atomic mass is 35.5. The maximum atomic E-state index is 5.58. The second kappa shape index (κ2) is 1.62. The van der Waals surface area contributed by atoms with E-state index >= 15 is 0 Å². The van der Waals surface area contributed by atoms with Gasteiger partial charge in [-0.3, -0.25) is 0 Å². The summed E-state index contributed by atoms with van der Waals surface area (Å²) in [7, 11) is 0. The number of nitrogens with one attached hydrogen (secondary N) is 1. The van der Waals surface area contributed by atoms with Crippen LogP contribution >= 0.6 is 11.6 Å². The number of hydrogen-bond acceptors (Lipinski definition) is 2. The predicted octanol–water partition coefficient (Wildman–Crippen LogP) is 1.31. The molecule has 0 fully saturated rings. The van der Waals surface area contributed by atoms with E-state index in [2.05, 4.69) is 24.4 Å². The molecule has 2 nitrogen and oxygen atoms in total. The van der Waals surface area contributed by atoms with Crippen molar-refractivity contribution in [3.63, 3.8) is 0 Å². The first kappa shape index (κ1) is 5.89. The van der Waals surface area contributed by atoms with Crippen LogP contribution in [0.2, 0.25) is 0 Å². The zero-order valence-electron chi connectivity index (χ0n) is 5.03. The molecule has 1 aliphatic rings. The molecular formula is C5H9ClN2. The average molecular weight is 133 g/mol. The molecule has 8 heavy (non-hydrogen) atoms. The number of nitrogens with zero attached hydrogens (tertiary/aromatic N) is 1. The molecule has 46 valence electrons. The summed E-state index contributed by atoms with van der Waals surface area (Å²) in [6.07, 6.45) is 0.842. The molecule has 3 heteroatoms. The summed E-state index contributed by atoms with van der Waals surface area (Å²) in [6.45, 7) is 4.12. The van der Waals surface area contributed by atoms with E-state index in [4.69, 9.17) is 11.6 Å². The first-order valence-corrected chi connectivity index (χ1v) is 2.97. The van der Waals surface area contributed by atoms with E-state index in [1.807, 2.05) is 0 Å². The van der Waals surface area contributed by atoms with Crippen molar-refractivity contribution in [2.24, 2.45) is 5.10 Å². The Kier molecular flexibility index (Phi) is 1.19. The van der Waals surface area contributed by atoms with Gasteiger partial charge in [-0.15, -0.1) is 0 Å². The van der Waals surface area contributed by atoms with Crippen LogP contribution in [0.1, 0.15) is 20.3 Å². The van der Waals surface area contributed by atoms with E-state index in [9.17, 15) is 0 Å². The lowest BCUT2D eigenvalue weighted by Crippen LogP contribution is -2.30. The fourth-order valence-electron chi connectivity index (χ4n) is 0.656. The summed E-state index contributed by atoms with van der Waals surface area (Å²) >= 11 is 5.58. The van der Waals surface area contributed by atoms with Crippen LogP contribution < -0.4 is 5.43 Å². The quantitative estimate of drug-likeness (QED) is 0.528. The van der Waals surface area contributed by atoms with Gasteiger partial charge in [0.15, 0.2) is 0 Å². The number of rotatable bonds is 0. The van der Waals surface area contributed by atoms with E-state index in [0.717, 1.165) is 6.42 Å². The lowest BCUT2D eigenvalue weighted by Gasteiger charge is -2.14. The first-order chi connectivity index (χ1) is 3.60. The molecule has 1 rings (SSSR count). The van der Waals surface area contributed by atoms with Gasteiger partial charge in [-0.2, -0.15) is 5.10 Å². The van der Waals surface area contributed by atoms with Gasteiger partial charge in [-0.25, -0.2) is 0 Å². The fraction of sp³-hybridized carbons (Fsp3) is 0.800. The first-order valence-electron chi connectivity index (χ1n) is 2.59. The van der Waals surface area contributed by atoms with Gasteiger partial charge in [0.1, 0.15) is 5.17 Å². The fourth-order valence-corrected chi connectivity index (χ4v) is 1.03. The molecule has 0 aromatic carbocycles. The van der Waals surface area contributed by atoms with Crippen LogP contribution in [0, 0.1) is 0 Å². The summed E-state index contributed by atoms with van der Waals surface area (Å²) in [6, 6.07) is 0. The van der Waals surface area contributed by atoms with Crippen LogP contribution in [0.15, 0.2) is 5.10 Å². The Balaban J connectivity index is 2.55. The molecule has 0 bridgehead atoms. The largest absolute Gasteiger partial charge is 0.303 e. The van der Waals surface area contributed by atoms with Crippen LogP contribution in [-0.4, -0.2) is 10.7 Å². The van der Waals surface area contributed by atoms with Crippen molar-refractivity contribution in [3.8, 4) is 0 Å². The topological polar surface area (TPSA) is 24.4 Å². The highest BCUT2D eigenvalue weighted by Gasteiger charge is 2.23. The average Bonchev–Trinajstić information content (AvgIpc) is 1.82. The Bertz CT molecular complexity index is 128. The van der Waals surface area contributed by atoms with Crippen LogP contribution in [-0.2, 0) is 0 Å². The maximum Gasteiger partial charge on any atom is 0.128 e. The Labute approximate surface area is 53.9 Å². The van der Waals surface area contributed by atoms with Gasteiger partial charge in [0.2, 0.25) is 0 Å². The van der Waals surface area contributed by atoms with Gasteiger partial charge < -0.3 is 5.43 Å². The second-order valence-corrected chi connectivity index (χ2v) is 3.10. The van der Waals surface area contributed by atoms with Crippen molar-refractivity contribution in [3.05, 3.63) is 0 Å². The van der Waals surface area contributed by atoms with E-state index in [1.165, 1.54) is 0 Å². The highest BCUT2D eigenvalue weighted by Crippen LogP contribution is 2.16. The number of hydrazone groups is 1. The normalized spacial score (nSPS) is 24.6. The van der Waals surface area contributed by atoms with E-state index in [-0.39, 0.29) is 5.54 Å². The van der Waals surface area contributed by atoms with Crippen LogP contribution in [0.25, 0.3) is 0 Å². The Morgan fingerprint density at radius 2 is 2.38 bits per heavy atom. The van der Waals surface area contributed by atoms with Crippen LogP contribution in [0.5, 0.6) is 0 Å². The summed E-state index contributed by atoms with van der Waals surface area (Å²) in [4.78, 5) is 0. The molecule has 0 spiro atoms. The monoisotopic (exact) mass is 132 g/mol. The summed E-state index contributed by atoms with van der Waals surface area (Å²) in [5.74, 6) is 0. The van der Waals surface area contributed by atoms with Crippen molar-refractivity contribution in [2.45, 2.75) is 25.8 Å². The molecular weight excluding hydrogens is 124 g/mol. The molecule has 0 amide bonds. The molecule has 0 saturated carbocycles.